The number of halogens is 3. The van der Waals surface area contributed by atoms with Crippen molar-refractivity contribution in [1.82, 2.24) is 0 Å². The predicted molar refractivity (Wildman–Crippen MR) is 84.6 cm³/mol. The van der Waals surface area contributed by atoms with Crippen LogP contribution in [0.5, 0.6) is 11.5 Å². The van der Waals surface area contributed by atoms with E-state index in [-0.39, 0.29) is 22.1 Å². The summed E-state index contributed by atoms with van der Waals surface area (Å²) in [4.78, 5) is 12.1. The van der Waals surface area contributed by atoms with E-state index in [9.17, 15) is 15.0 Å². The summed E-state index contributed by atoms with van der Waals surface area (Å²) >= 11 is 17.5. The molecule has 0 heterocycles. The summed E-state index contributed by atoms with van der Waals surface area (Å²) in [5, 5.41) is 19.5. The Bertz CT molecular complexity index is 716. The van der Waals surface area contributed by atoms with Crippen molar-refractivity contribution in [2.45, 2.75) is 0 Å². The molecule has 0 unspecified atom stereocenters. The van der Waals surface area contributed by atoms with Gasteiger partial charge in [0.1, 0.15) is 0 Å². The van der Waals surface area contributed by atoms with Crippen molar-refractivity contribution < 1.29 is 15.0 Å². The molecule has 0 atom stereocenters. The molecule has 0 amide bonds. The third-order valence-electron chi connectivity index (χ3n) is 2.69. The summed E-state index contributed by atoms with van der Waals surface area (Å²) < 4.78 is 0. The highest BCUT2D eigenvalue weighted by Gasteiger charge is 2.09. The highest BCUT2D eigenvalue weighted by Crippen LogP contribution is 2.34. The van der Waals surface area contributed by atoms with E-state index >= 15 is 0 Å². The first-order valence-corrected chi connectivity index (χ1v) is 6.91. The molecule has 3 nitrogen and oxygen atoms in total. The van der Waals surface area contributed by atoms with Crippen LogP contribution in [0.15, 0.2) is 36.4 Å². The second kappa shape index (κ2) is 6.39. The largest absolute Gasteiger partial charge is 0.504 e. The molecule has 2 rings (SSSR count). The number of hydrogen-bond acceptors (Lipinski definition) is 3. The van der Waals surface area contributed by atoms with Gasteiger partial charge in [0.05, 0.1) is 10.0 Å². The van der Waals surface area contributed by atoms with Crippen LogP contribution in [-0.2, 0) is 0 Å². The van der Waals surface area contributed by atoms with Crippen molar-refractivity contribution >= 4 is 46.7 Å². The van der Waals surface area contributed by atoms with E-state index in [1.54, 1.807) is 6.07 Å². The number of carbonyl (C=O) groups excluding carboxylic acids is 1. The van der Waals surface area contributed by atoms with Gasteiger partial charge in [0.15, 0.2) is 17.3 Å². The zero-order valence-electron chi connectivity index (χ0n) is 10.5. The summed E-state index contributed by atoms with van der Waals surface area (Å²) in [5.41, 5.74) is 0.733. The maximum atomic E-state index is 12.1. The molecule has 0 fully saturated rings. The number of phenolic OH excluding ortho intramolecular Hbond substituents is 2. The van der Waals surface area contributed by atoms with E-state index in [0.29, 0.717) is 15.6 Å². The fraction of sp³-hybridized carbons (Fsp3) is 0. The van der Waals surface area contributed by atoms with Crippen molar-refractivity contribution in [3.8, 4) is 11.5 Å². The Morgan fingerprint density at radius 1 is 1.00 bits per heavy atom. The summed E-state index contributed by atoms with van der Waals surface area (Å²) in [7, 11) is 0. The predicted octanol–water partition coefficient (Wildman–Crippen LogP) is 4.95. The molecule has 2 aromatic rings. The Labute approximate surface area is 136 Å². The maximum absolute atomic E-state index is 12.1. The lowest BCUT2D eigenvalue weighted by atomic mass is 10.1. The fourth-order valence-corrected chi connectivity index (χ4v) is 2.25. The van der Waals surface area contributed by atoms with Gasteiger partial charge >= 0.3 is 0 Å². The Morgan fingerprint density at radius 3 is 2.38 bits per heavy atom. The van der Waals surface area contributed by atoms with Crippen molar-refractivity contribution in [2.24, 2.45) is 0 Å². The van der Waals surface area contributed by atoms with Crippen LogP contribution in [0.4, 0.5) is 0 Å². The van der Waals surface area contributed by atoms with Crippen LogP contribution in [0.25, 0.3) is 6.08 Å². The lowest BCUT2D eigenvalue weighted by Gasteiger charge is -2.03. The van der Waals surface area contributed by atoms with Crippen molar-refractivity contribution in [2.75, 3.05) is 0 Å². The van der Waals surface area contributed by atoms with Crippen molar-refractivity contribution in [3.05, 3.63) is 62.6 Å². The van der Waals surface area contributed by atoms with Gasteiger partial charge in [-0.3, -0.25) is 4.79 Å². The van der Waals surface area contributed by atoms with E-state index < -0.39 is 5.75 Å². The van der Waals surface area contributed by atoms with Crippen LogP contribution in [0.1, 0.15) is 15.9 Å². The second-order valence-corrected chi connectivity index (χ2v) is 5.44. The number of allylic oxidation sites excluding steroid dienone is 1. The standard InChI is InChI=1S/C15H9Cl3O3/c16-9-2-3-11(17)10(7-9)13(19)4-1-8-5-12(18)15(21)14(20)6-8/h1-7,20-21H/b4-1+. The molecule has 21 heavy (non-hydrogen) atoms. The quantitative estimate of drug-likeness (QED) is 0.471. The number of aromatic hydroxyl groups is 2. The second-order valence-electron chi connectivity index (χ2n) is 4.19. The molecule has 0 radical (unpaired) electrons. The summed E-state index contributed by atoms with van der Waals surface area (Å²) in [6.07, 6.45) is 2.73. The van der Waals surface area contributed by atoms with Crippen LogP contribution < -0.4 is 0 Å². The van der Waals surface area contributed by atoms with Gasteiger partial charge in [0.2, 0.25) is 0 Å². The molecule has 0 aliphatic heterocycles. The van der Waals surface area contributed by atoms with Gasteiger partial charge < -0.3 is 10.2 Å². The van der Waals surface area contributed by atoms with Gasteiger partial charge in [-0.05, 0) is 42.0 Å². The number of hydrogen-bond donors (Lipinski definition) is 2. The van der Waals surface area contributed by atoms with Gasteiger partial charge in [0.25, 0.3) is 0 Å². The average molecular weight is 344 g/mol. The summed E-state index contributed by atoms with van der Waals surface area (Å²) in [6.45, 7) is 0. The monoisotopic (exact) mass is 342 g/mol. The van der Waals surface area contributed by atoms with Gasteiger partial charge in [0, 0.05) is 10.6 Å². The van der Waals surface area contributed by atoms with Gasteiger partial charge in [-0.2, -0.15) is 0 Å². The van der Waals surface area contributed by atoms with E-state index in [4.69, 9.17) is 34.8 Å². The molecule has 0 aliphatic carbocycles. The molecule has 6 heteroatoms. The molecule has 2 N–H and O–H groups in total. The first-order chi connectivity index (χ1) is 9.88. The normalized spacial score (nSPS) is 11.0. The lowest BCUT2D eigenvalue weighted by Crippen LogP contribution is -1.95. The Morgan fingerprint density at radius 2 is 1.71 bits per heavy atom. The molecule has 108 valence electrons. The number of carbonyl (C=O) groups is 1. The van der Waals surface area contributed by atoms with Crippen molar-refractivity contribution in [1.29, 1.82) is 0 Å². The highest BCUT2D eigenvalue weighted by molar-refractivity contribution is 6.36. The third kappa shape index (κ3) is 3.70. The molecular formula is C15H9Cl3O3. The SMILES string of the molecule is O=C(/C=C/c1cc(O)c(O)c(Cl)c1)c1cc(Cl)ccc1Cl. The van der Waals surface area contributed by atoms with E-state index in [1.165, 1.54) is 36.4 Å². The van der Waals surface area contributed by atoms with E-state index in [0.717, 1.165) is 0 Å². The zero-order valence-corrected chi connectivity index (χ0v) is 12.7. The maximum Gasteiger partial charge on any atom is 0.187 e. The average Bonchev–Trinajstić information content (AvgIpc) is 2.44. The van der Waals surface area contributed by atoms with Gasteiger partial charge in [-0.1, -0.05) is 40.9 Å². The Kier molecular flexibility index (Phi) is 4.78. The number of benzene rings is 2. The minimum absolute atomic E-state index is 0.0112. The van der Waals surface area contributed by atoms with Crippen LogP contribution >= 0.6 is 34.8 Å². The first kappa shape index (κ1) is 15.7. The summed E-state index contributed by atoms with van der Waals surface area (Å²) in [5.74, 6) is -1.11. The number of ketones is 1. The Balaban J connectivity index is 2.29. The summed E-state index contributed by atoms with van der Waals surface area (Å²) in [6, 6.07) is 7.29. The van der Waals surface area contributed by atoms with Gasteiger partial charge in [-0.25, -0.2) is 0 Å². The van der Waals surface area contributed by atoms with E-state index in [2.05, 4.69) is 0 Å². The Hall–Kier alpha value is -1.68. The zero-order chi connectivity index (χ0) is 15.6. The number of rotatable bonds is 3. The number of phenols is 2. The molecule has 0 bridgehead atoms. The molecule has 0 saturated heterocycles. The molecule has 0 spiro atoms. The molecule has 0 saturated carbocycles. The highest BCUT2D eigenvalue weighted by atomic mass is 35.5. The molecular weight excluding hydrogens is 335 g/mol. The topological polar surface area (TPSA) is 57.5 Å². The molecule has 0 aromatic heterocycles. The lowest BCUT2D eigenvalue weighted by molar-refractivity contribution is 0.104. The van der Waals surface area contributed by atoms with Crippen LogP contribution in [-0.4, -0.2) is 16.0 Å². The first-order valence-electron chi connectivity index (χ1n) is 5.77. The van der Waals surface area contributed by atoms with E-state index in [1.807, 2.05) is 0 Å². The van der Waals surface area contributed by atoms with Crippen LogP contribution in [0.2, 0.25) is 15.1 Å². The fourth-order valence-electron chi connectivity index (χ4n) is 1.65. The third-order valence-corrected chi connectivity index (χ3v) is 3.54. The van der Waals surface area contributed by atoms with Crippen molar-refractivity contribution in [3.63, 3.8) is 0 Å². The minimum atomic E-state index is -0.405. The molecule has 2 aromatic carbocycles. The van der Waals surface area contributed by atoms with Crippen LogP contribution in [0, 0.1) is 0 Å². The van der Waals surface area contributed by atoms with Crippen LogP contribution in [0.3, 0.4) is 0 Å². The van der Waals surface area contributed by atoms with Gasteiger partial charge in [-0.15, -0.1) is 0 Å². The smallest absolute Gasteiger partial charge is 0.187 e. The molecule has 0 aliphatic rings. The minimum Gasteiger partial charge on any atom is -0.504 e.